The zero-order chi connectivity index (χ0) is 18.4. The van der Waals surface area contributed by atoms with Crippen LogP contribution in [0.15, 0.2) is 30.5 Å². The number of ether oxygens (including phenoxy) is 1. The highest BCUT2D eigenvalue weighted by molar-refractivity contribution is 5.91. The van der Waals surface area contributed by atoms with Crippen LogP contribution in [0.5, 0.6) is 5.75 Å². The summed E-state index contributed by atoms with van der Waals surface area (Å²) in [6.07, 6.45) is 3.76. The van der Waals surface area contributed by atoms with Crippen molar-refractivity contribution in [3.63, 3.8) is 0 Å². The van der Waals surface area contributed by atoms with Gasteiger partial charge in [-0.1, -0.05) is 31.2 Å². The maximum atomic E-state index is 12.3. The highest BCUT2D eigenvalue weighted by Crippen LogP contribution is 2.17. The molecule has 0 aliphatic carbocycles. The Hall–Kier alpha value is -2.41. The van der Waals surface area contributed by atoms with Crippen molar-refractivity contribution in [2.24, 2.45) is 5.92 Å². The molecule has 7 nitrogen and oxygen atoms in total. The highest BCUT2D eigenvalue weighted by atomic mass is 16.5. The smallest absolute Gasteiger partial charge is 0.273 e. The van der Waals surface area contributed by atoms with E-state index in [9.17, 15) is 4.79 Å². The van der Waals surface area contributed by atoms with Crippen LogP contribution in [0.3, 0.4) is 0 Å². The van der Waals surface area contributed by atoms with Gasteiger partial charge in [-0.05, 0) is 49.5 Å². The zero-order valence-electron chi connectivity index (χ0n) is 15.4. The fourth-order valence-electron chi connectivity index (χ4n) is 2.91. The van der Waals surface area contributed by atoms with E-state index in [-0.39, 0.29) is 5.91 Å². The standard InChI is InChI=1S/C19H27N5O2/c1-14(2)13-26-17-5-3-4-15(10-17)11-21-19(25)18-12-24(23-22-18)16-6-8-20-9-7-16/h3-5,10,12,14,16,20H,6-9,11,13H2,1-2H3,(H,21,25). The van der Waals surface area contributed by atoms with Crippen molar-refractivity contribution in [2.75, 3.05) is 19.7 Å². The molecule has 0 bridgehead atoms. The highest BCUT2D eigenvalue weighted by Gasteiger charge is 2.18. The first-order valence-corrected chi connectivity index (χ1v) is 9.24. The van der Waals surface area contributed by atoms with Gasteiger partial charge >= 0.3 is 0 Å². The second-order valence-electron chi connectivity index (χ2n) is 7.10. The predicted octanol–water partition coefficient (Wildman–Crippen LogP) is 2.17. The lowest BCUT2D eigenvalue weighted by molar-refractivity contribution is 0.0945. The van der Waals surface area contributed by atoms with Crippen LogP contribution in [0.25, 0.3) is 0 Å². The second kappa shape index (κ2) is 8.80. The van der Waals surface area contributed by atoms with E-state index in [4.69, 9.17) is 4.74 Å². The molecule has 1 amide bonds. The first kappa shape index (κ1) is 18.4. The van der Waals surface area contributed by atoms with E-state index in [0.29, 0.717) is 30.8 Å². The van der Waals surface area contributed by atoms with Gasteiger partial charge in [0.2, 0.25) is 0 Å². The van der Waals surface area contributed by atoms with E-state index in [2.05, 4.69) is 34.8 Å². The average molecular weight is 357 g/mol. The summed E-state index contributed by atoms with van der Waals surface area (Å²) >= 11 is 0. The number of carbonyl (C=O) groups is 1. The van der Waals surface area contributed by atoms with Crippen LogP contribution in [0.2, 0.25) is 0 Å². The Morgan fingerprint density at radius 3 is 2.96 bits per heavy atom. The minimum absolute atomic E-state index is 0.210. The first-order chi connectivity index (χ1) is 12.6. The molecule has 0 spiro atoms. The van der Waals surface area contributed by atoms with Crippen molar-refractivity contribution in [1.29, 1.82) is 0 Å². The third kappa shape index (κ3) is 5.05. The molecule has 1 aliphatic heterocycles. The summed E-state index contributed by atoms with van der Waals surface area (Å²) in [7, 11) is 0. The van der Waals surface area contributed by atoms with Gasteiger partial charge in [-0.3, -0.25) is 4.79 Å². The van der Waals surface area contributed by atoms with Crippen molar-refractivity contribution in [2.45, 2.75) is 39.3 Å². The van der Waals surface area contributed by atoms with Gasteiger partial charge in [0.15, 0.2) is 5.69 Å². The molecule has 1 aromatic heterocycles. The molecule has 2 aromatic rings. The number of nitrogens with zero attached hydrogens (tertiary/aromatic N) is 3. The fourth-order valence-corrected chi connectivity index (χ4v) is 2.91. The molecular weight excluding hydrogens is 330 g/mol. The van der Waals surface area contributed by atoms with Crippen molar-refractivity contribution >= 4 is 5.91 Å². The van der Waals surface area contributed by atoms with E-state index in [1.807, 2.05) is 28.9 Å². The molecule has 26 heavy (non-hydrogen) atoms. The van der Waals surface area contributed by atoms with Crippen LogP contribution in [0.4, 0.5) is 0 Å². The number of aromatic nitrogens is 3. The molecule has 0 atom stereocenters. The van der Waals surface area contributed by atoms with Crippen LogP contribution in [0, 0.1) is 5.92 Å². The van der Waals surface area contributed by atoms with Gasteiger partial charge in [0.25, 0.3) is 5.91 Å². The van der Waals surface area contributed by atoms with Gasteiger partial charge in [0, 0.05) is 6.54 Å². The van der Waals surface area contributed by atoms with E-state index < -0.39 is 0 Å². The summed E-state index contributed by atoms with van der Waals surface area (Å²) < 4.78 is 7.54. The van der Waals surface area contributed by atoms with Gasteiger partial charge in [0.05, 0.1) is 18.8 Å². The number of hydrogen-bond donors (Lipinski definition) is 2. The molecule has 2 N–H and O–H groups in total. The topological polar surface area (TPSA) is 81.1 Å². The lowest BCUT2D eigenvalue weighted by Gasteiger charge is -2.22. The Labute approximate surface area is 154 Å². The van der Waals surface area contributed by atoms with Gasteiger partial charge in [-0.15, -0.1) is 5.10 Å². The Bertz CT molecular complexity index is 722. The molecule has 3 rings (SSSR count). The van der Waals surface area contributed by atoms with Gasteiger partial charge in [0.1, 0.15) is 5.75 Å². The monoisotopic (exact) mass is 357 g/mol. The van der Waals surface area contributed by atoms with Crippen LogP contribution in [0.1, 0.15) is 48.8 Å². The van der Waals surface area contributed by atoms with Crippen molar-refractivity contribution in [1.82, 2.24) is 25.6 Å². The number of nitrogens with one attached hydrogen (secondary N) is 2. The number of benzene rings is 1. The van der Waals surface area contributed by atoms with Crippen molar-refractivity contribution in [3.8, 4) is 5.75 Å². The van der Waals surface area contributed by atoms with Gasteiger partial charge in [-0.2, -0.15) is 0 Å². The van der Waals surface area contributed by atoms with E-state index in [0.717, 1.165) is 37.2 Å². The SMILES string of the molecule is CC(C)COc1cccc(CNC(=O)c2cn(C3CCNCC3)nn2)c1. The van der Waals surface area contributed by atoms with Crippen LogP contribution < -0.4 is 15.4 Å². The van der Waals surface area contributed by atoms with Crippen molar-refractivity contribution < 1.29 is 9.53 Å². The Morgan fingerprint density at radius 1 is 1.38 bits per heavy atom. The summed E-state index contributed by atoms with van der Waals surface area (Å²) in [5.41, 5.74) is 1.35. The molecule has 0 saturated carbocycles. The van der Waals surface area contributed by atoms with Crippen LogP contribution in [-0.4, -0.2) is 40.6 Å². The molecule has 7 heteroatoms. The van der Waals surface area contributed by atoms with Gasteiger partial charge < -0.3 is 15.4 Å². The lowest BCUT2D eigenvalue weighted by Crippen LogP contribution is -2.29. The summed E-state index contributed by atoms with van der Waals surface area (Å²) in [4.78, 5) is 12.3. The normalized spacial score (nSPS) is 15.2. The molecule has 2 heterocycles. The number of hydrogen-bond acceptors (Lipinski definition) is 5. The molecule has 0 radical (unpaired) electrons. The Kier molecular flexibility index (Phi) is 6.22. The third-order valence-corrected chi connectivity index (χ3v) is 4.36. The molecular formula is C19H27N5O2. The number of amides is 1. The molecule has 1 fully saturated rings. The first-order valence-electron chi connectivity index (χ1n) is 9.24. The maximum absolute atomic E-state index is 12.3. The molecule has 1 saturated heterocycles. The fraction of sp³-hybridized carbons (Fsp3) is 0.526. The van der Waals surface area contributed by atoms with E-state index in [1.165, 1.54) is 0 Å². The Morgan fingerprint density at radius 2 is 2.19 bits per heavy atom. The van der Waals surface area contributed by atoms with E-state index >= 15 is 0 Å². The minimum atomic E-state index is -0.210. The summed E-state index contributed by atoms with van der Waals surface area (Å²) in [5.74, 6) is 1.09. The predicted molar refractivity (Wildman–Crippen MR) is 99.1 cm³/mol. The number of rotatable bonds is 7. The lowest BCUT2D eigenvalue weighted by atomic mass is 10.1. The van der Waals surface area contributed by atoms with Crippen LogP contribution >= 0.6 is 0 Å². The Balaban J connectivity index is 1.54. The summed E-state index contributed by atoms with van der Waals surface area (Å²) in [5, 5.41) is 14.4. The summed E-state index contributed by atoms with van der Waals surface area (Å²) in [6, 6.07) is 8.10. The van der Waals surface area contributed by atoms with E-state index in [1.54, 1.807) is 6.20 Å². The van der Waals surface area contributed by atoms with Crippen molar-refractivity contribution in [3.05, 3.63) is 41.7 Å². The number of carbonyl (C=O) groups excluding carboxylic acids is 1. The molecule has 1 aliphatic rings. The molecule has 1 aromatic carbocycles. The van der Waals surface area contributed by atoms with Gasteiger partial charge in [-0.25, -0.2) is 4.68 Å². The molecule has 0 unspecified atom stereocenters. The quantitative estimate of drug-likeness (QED) is 0.794. The van der Waals surface area contributed by atoms with Crippen LogP contribution in [-0.2, 0) is 6.54 Å². The zero-order valence-corrected chi connectivity index (χ0v) is 15.4. The summed E-state index contributed by atoms with van der Waals surface area (Å²) in [6.45, 7) is 7.28. The average Bonchev–Trinajstić information content (AvgIpc) is 3.16. The maximum Gasteiger partial charge on any atom is 0.273 e. The second-order valence-corrected chi connectivity index (χ2v) is 7.10. The largest absolute Gasteiger partial charge is 0.493 e. The minimum Gasteiger partial charge on any atom is -0.493 e. The third-order valence-electron chi connectivity index (χ3n) is 4.36. The molecule has 140 valence electrons. The number of piperidine rings is 1.